The van der Waals surface area contributed by atoms with Crippen LogP contribution in [-0.2, 0) is 21.8 Å². The number of ether oxygens (including phenoxy) is 1. The fourth-order valence-corrected chi connectivity index (χ4v) is 4.33. The lowest BCUT2D eigenvalue weighted by molar-refractivity contribution is 0.0158. The molecule has 1 unspecified atom stereocenters. The maximum absolute atomic E-state index is 12.7. The minimum atomic E-state index is -3.54. The van der Waals surface area contributed by atoms with Gasteiger partial charge in [-0.25, -0.2) is 13.1 Å². The summed E-state index contributed by atoms with van der Waals surface area (Å²) in [4.78, 5) is 2.58. The zero-order valence-electron chi connectivity index (χ0n) is 14.7. The summed E-state index contributed by atoms with van der Waals surface area (Å²) in [6.45, 7) is 5.15. The van der Waals surface area contributed by atoms with Crippen LogP contribution in [0, 0.1) is 6.92 Å². The van der Waals surface area contributed by atoms with Crippen molar-refractivity contribution in [2.24, 2.45) is 7.05 Å². The largest absolute Gasteiger partial charge is 0.379 e. The molecule has 2 aromatic rings. The van der Waals surface area contributed by atoms with E-state index in [0.29, 0.717) is 24.7 Å². The molecular formula is C18H25N3O3S. The minimum Gasteiger partial charge on any atom is -0.379 e. The monoisotopic (exact) mass is 363 g/mol. The Balaban J connectivity index is 1.79. The third-order valence-corrected chi connectivity index (χ3v) is 6.00. The summed E-state index contributed by atoms with van der Waals surface area (Å²) < 4.78 is 35.6. The highest BCUT2D eigenvalue weighted by molar-refractivity contribution is 7.89. The molecule has 25 heavy (non-hydrogen) atoms. The molecule has 0 saturated carbocycles. The Kier molecular flexibility index (Phi) is 5.58. The molecule has 6 nitrogen and oxygen atoms in total. The molecule has 1 aliphatic rings. The lowest BCUT2D eigenvalue weighted by Gasteiger charge is -2.34. The van der Waals surface area contributed by atoms with Gasteiger partial charge in [-0.15, -0.1) is 0 Å². The second kappa shape index (κ2) is 7.70. The van der Waals surface area contributed by atoms with Crippen molar-refractivity contribution >= 4 is 10.0 Å². The van der Waals surface area contributed by atoms with Crippen molar-refractivity contribution in [1.82, 2.24) is 14.2 Å². The molecule has 1 saturated heterocycles. The lowest BCUT2D eigenvalue weighted by atomic mass is 10.1. The Morgan fingerprint density at radius 2 is 1.96 bits per heavy atom. The molecule has 7 heteroatoms. The molecule has 1 aliphatic heterocycles. The number of hydrogen-bond acceptors (Lipinski definition) is 4. The maximum Gasteiger partial charge on any atom is 0.240 e. The van der Waals surface area contributed by atoms with Gasteiger partial charge in [-0.3, -0.25) is 4.90 Å². The van der Waals surface area contributed by atoms with Crippen molar-refractivity contribution in [1.29, 1.82) is 0 Å². The summed E-state index contributed by atoms with van der Waals surface area (Å²) in [5.41, 5.74) is 2.02. The van der Waals surface area contributed by atoms with E-state index in [1.54, 1.807) is 18.2 Å². The van der Waals surface area contributed by atoms with Gasteiger partial charge in [-0.2, -0.15) is 0 Å². The Labute approximate surface area is 149 Å². The van der Waals surface area contributed by atoms with Gasteiger partial charge >= 0.3 is 0 Å². The second-order valence-electron chi connectivity index (χ2n) is 6.38. The minimum absolute atomic E-state index is 0.0246. The van der Waals surface area contributed by atoms with Crippen LogP contribution in [-0.4, -0.2) is 50.7 Å². The number of sulfonamides is 1. The molecule has 2 heterocycles. The molecular weight excluding hydrogens is 338 g/mol. The normalized spacial score (nSPS) is 17.5. The second-order valence-corrected chi connectivity index (χ2v) is 8.14. The summed E-state index contributed by atoms with van der Waals surface area (Å²) in [7, 11) is -1.55. The van der Waals surface area contributed by atoms with Crippen LogP contribution in [0.4, 0.5) is 0 Å². The summed E-state index contributed by atoms with van der Waals surface area (Å²) in [5, 5.41) is 0. The number of aromatic nitrogens is 1. The van der Waals surface area contributed by atoms with E-state index < -0.39 is 10.0 Å². The molecule has 0 amide bonds. The zero-order valence-corrected chi connectivity index (χ0v) is 15.5. The molecule has 0 aliphatic carbocycles. The quantitative estimate of drug-likeness (QED) is 0.848. The summed E-state index contributed by atoms with van der Waals surface area (Å²) in [6, 6.07) is 11.0. The highest BCUT2D eigenvalue weighted by Crippen LogP contribution is 2.22. The third kappa shape index (κ3) is 4.30. The van der Waals surface area contributed by atoms with E-state index in [9.17, 15) is 8.42 Å². The average Bonchev–Trinajstić information content (AvgIpc) is 3.02. The van der Waals surface area contributed by atoms with Crippen LogP contribution < -0.4 is 4.72 Å². The number of rotatable bonds is 6. The van der Waals surface area contributed by atoms with E-state index >= 15 is 0 Å². The Bertz CT molecular complexity index is 810. The molecule has 1 N–H and O–H groups in total. The molecule has 1 aromatic carbocycles. The fraction of sp³-hybridized carbons (Fsp3) is 0.444. The average molecular weight is 363 g/mol. The molecule has 0 radical (unpaired) electrons. The van der Waals surface area contributed by atoms with E-state index in [2.05, 4.69) is 9.62 Å². The van der Waals surface area contributed by atoms with E-state index in [-0.39, 0.29) is 6.04 Å². The first-order chi connectivity index (χ1) is 12.0. The Morgan fingerprint density at radius 3 is 2.60 bits per heavy atom. The smallest absolute Gasteiger partial charge is 0.240 e. The SMILES string of the molecule is Cc1cccc(S(=O)(=O)NCC(c2cccn2C)N2CCOCC2)c1. The molecule has 1 aromatic heterocycles. The van der Waals surface area contributed by atoms with Crippen molar-refractivity contribution in [3.63, 3.8) is 0 Å². The van der Waals surface area contributed by atoms with Crippen LogP contribution in [0.15, 0.2) is 47.5 Å². The number of aryl methyl sites for hydroxylation is 2. The Hall–Kier alpha value is -1.67. The number of nitrogens with one attached hydrogen (secondary N) is 1. The van der Waals surface area contributed by atoms with Gasteiger partial charge < -0.3 is 9.30 Å². The predicted octanol–water partition coefficient (Wildman–Crippen LogP) is 1.69. The molecule has 3 rings (SSSR count). The molecule has 1 fully saturated rings. The number of morpholine rings is 1. The topological polar surface area (TPSA) is 63.6 Å². The van der Waals surface area contributed by atoms with Gasteiger partial charge in [0, 0.05) is 38.6 Å². The standard InChI is InChI=1S/C18H25N3O3S/c1-15-5-3-6-16(13-15)25(22,23)19-14-18(17-7-4-8-20(17)2)21-9-11-24-12-10-21/h3-8,13,18-19H,9-12,14H2,1-2H3. The van der Waals surface area contributed by atoms with E-state index in [4.69, 9.17) is 4.74 Å². The predicted molar refractivity (Wildman–Crippen MR) is 96.9 cm³/mol. The first-order valence-electron chi connectivity index (χ1n) is 8.47. The van der Waals surface area contributed by atoms with Crippen molar-refractivity contribution in [3.8, 4) is 0 Å². The number of benzene rings is 1. The molecule has 136 valence electrons. The van der Waals surface area contributed by atoms with Gasteiger partial charge in [0.05, 0.1) is 24.2 Å². The number of nitrogens with zero attached hydrogens (tertiary/aromatic N) is 2. The van der Waals surface area contributed by atoms with Crippen LogP contribution in [0.2, 0.25) is 0 Å². The summed E-state index contributed by atoms with van der Waals surface area (Å²) >= 11 is 0. The van der Waals surface area contributed by atoms with Crippen molar-refractivity contribution < 1.29 is 13.2 Å². The number of hydrogen-bond donors (Lipinski definition) is 1. The van der Waals surface area contributed by atoms with Crippen LogP contribution >= 0.6 is 0 Å². The molecule has 1 atom stereocenters. The zero-order chi connectivity index (χ0) is 17.9. The van der Waals surface area contributed by atoms with Gasteiger partial charge in [0.2, 0.25) is 10.0 Å². The summed E-state index contributed by atoms with van der Waals surface area (Å²) in [5.74, 6) is 0. The van der Waals surface area contributed by atoms with Crippen LogP contribution in [0.25, 0.3) is 0 Å². The van der Waals surface area contributed by atoms with Crippen molar-refractivity contribution in [2.75, 3.05) is 32.8 Å². The van der Waals surface area contributed by atoms with Crippen LogP contribution in [0.5, 0.6) is 0 Å². The highest BCUT2D eigenvalue weighted by Gasteiger charge is 2.26. The first kappa shape index (κ1) is 18.1. The van der Waals surface area contributed by atoms with E-state index in [1.165, 1.54) is 0 Å². The first-order valence-corrected chi connectivity index (χ1v) is 9.95. The van der Waals surface area contributed by atoms with Crippen molar-refractivity contribution in [3.05, 3.63) is 53.9 Å². The molecule has 0 spiro atoms. The fourth-order valence-electron chi connectivity index (χ4n) is 3.18. The van der Waals surface area contributed by atoms with Gasteiger partial charge in [0.25, 0.3) is 0 Å². The van der Waals surface area contributed by atoms with Crippen LogP contribution in [0.1, 0.15) is 17.3 Å². The third-order valence-electron chi connectivity index (χ3n) is 4.58. The Morgan fingerprint density at radius 1 is 1.20 bits per heavy atom. The van der Waals surface area contributed by atoms with E-state index in [0.717, 1.165) is 24.3 Å². The van der Waals surface area contributed by atoms with Gasteiger partial charge in [0.15, 0.2) is 0 Å². The maximum atomic E-state index is 12.7. The highest BCUT2D eigenvalue weighted by atomic mass is 32.2. The van der Waals surface area contributed by atoms with Gasteiger partial charge in [0.1, 0.15) is 0 Å². The van der Waals surface area contributed by atoms with Crippen molar-refractivity contribution in [2.45, 2.75) is 17.9 Å². The van der Waals surface area contributed by atoms with Crippen LogP contribution in [0.3, 0.4) is 0 Å². The lowest BCUT2D eigenvalue weighted by Crippen LogP contribution is -2.44. The van der Waals surface area contributed by atoms with Gasteiger partial charge in [-0.1, -0.05) is 12.1 Å². The van der Waals surface area contributed by atoms with E-state index in [1.807, 2.05) is 42.9 Å². The summed E-state index contributed by atoms with van der Waals surface area (Å²) in [6.07, 6.45) is 1.98. The molecule has 0 bridgehead atoms. The van der Waals surface area contributed by atoms with Gasteiger partial charge in [-0.05, 0) is 36.8 Å².